The minimum absolute atomic E-state index is 0.209. The molecule has 0 aliphatic heterocycles. The van der Waals surface area contributed by atoms with Crippen LogP contribution in [0.2, 0.25) is 0 Å². The van der Waals surface area contributed by atoms with Crippen LogP contribution in [-0.4, -0.2) is 29.2 Å². The van der Waals surface area contributed by atoms with E-state index in [0.29, 0.717) is 16.6 Å². The number of methoxy groups -OCH3 is 1. The normalized spacial score (nSPS) is 10.3. The topological polar surface area (TPSA) is 101 Å². The summed E-state index contributed by atoms with van der Waals surface area (Å²) in [6, 6.07) is 16.4. The average Bonchev–Trinajstić information content (AvgIpc) is 2.65. The molecule has 3 aromatic rings. The van der Waals surface area contributed by atoms with Gasteiger partial charge in [-0.3, -0.25) is 10.2 Å². The van der Waals surface area contributed by atoms with Crippen molar-refractivity contribution in [1.82, 2.24) is 15.8 Å². The van der Waals surface area contributed by atoms with E-state index in [1.165, 1.54) is 7.11 Å². The Kier molecular flexibility index (Phi) is 4.47. The number of carbonyl (C=O) groups is 2. The highest BCUT2D eigenvalue weighted by molar-refractivity contribution is 6.10. The van der Waals surface area contributed by atoms with Crippen LogP contribution in [-0.2, 0) is 0 Å². The molecule has 3 rings (SSSR count). The molecule has 1 aromatic heterocycles. The van der Waals surface area contributed by atoms with Crippen molar-refractivity contribution in [3.63, 3.8) is 0 Å². The zero-order valence-corrected chi connectivity index (χ0v) is 13.3. The Bertz CT molecular complexity index is 942. The first-order valence-electron chi connectivity index (χ1n) is 7.43. The Morgan fingerprint density at radius 2 is 1.68 bits per heavy atom. The molecule has 7 heteroatoms. The molecule has 7 nitrogen and oxygen atoms in total. The van der Waals surface area contributed by atoms with Gasteiger partial charge >= 0.3 is 6.09 Å². The van der Waals surface area contributed by atoms with Crippen LogP contribution < -0.4 is 15.6 Å². The second-order valence-corrected chi connectivity index (χ2v) is 5.14. The zero-order valence-electron chi connectivity index (χ0n) is 13.3. The number of fused-ring (bicyclic) bond motifs is 1. The standard InChI is InChI=1S/C18H15N3O4/c1-25-16-14(17(22)20-21-18(23)24)12-9-5-6-10-13(12)19-15(16)11-7-3-2-4-8-11/h2-10,21H,1H3,(H,20,22)(H,23,24). The van der Waals surface area contributed by atoms with Crippen molar-refractivity contribution in [2.24, 2.45) is 0 Å². The number of nitrogens with zero attached hydrogens (tertiary/aromatic N) is 1. The Hall–Kier alpha value is -3.61. The third-order valence-electron chi connectivity index (χ3n) is 3.61. The lowest BCUT2D eigenvalue weighted by Crippen LogP contribution is -2.41. The minimum Gasteiger partial charge on any atom is -0.494 e. The molecule has 0 unspecified atom stereocenters. The molecule has 0 radical (unpaired) electrons. The molecular weight excluding hydrogens is 322 g/mol. The monoisotopic (exact) mass is 337 g/mol. The van der Waals surface area contributed by atoms with E-state index >= 15 is 0 Å². The van der Waals surface area contributed by atoms with Crippen molar-refractivity contribution >= 4 is 22.9 Å². The van der Waals surface area contributed by atoms with E-state index in [4.69, 9.17) is 9.84 Å². The Balaban J connectivity index is 2.25. The number of para-hydroxylation sites is 1. The van der Waals surface area contributed by atoms with Crippen LogP contribution in [0.1, 0.15) is 10.4 Å². The predicted octanol–water partition coefficient (Wildman–Crippen LogP) is 2.82. The Labute approximate surface area is 143 Å². The number of pyridine rings is 1. The van der Waals surface area contributed by atoms with Crippen LogP contribution in [0.5, 0.6) is 5.75 Å². The second kappa shape index (κ2) is 6.88. The first-order valence-corrected chi connectivity index (χ1v) is 7.43. The third kappa shape index (κ3) is 3.20. The summed E-state index contributed by atoms with van der Waals surface area (Å²) in [5.74, 6) is -0.357. The molecule has 0 fully saturated rings. The SMILES string of the molecule is COc1c(-c2ccccc2)nc2ccccc2c1C(=O)NNC(=O)O. The van der Waals surface area contributed by atoms with Crippen LogP contribution >= 0.6 is 0 Å². The van der Waals surface area contributed by atoms with Crippen LogP contribution in [0.15, 0.2) is 54.6 Å². The predicted molar refractivity (Wildman–Crippen MR) is 92.4 cm³/mol. The Morgan fingerprint density at radius 3 is 2.36 bits per heavy atom. The fourth-order valence-corrected chi connectivity index (χ4v) is 2.58. The number of benzene rings is 2. The minimum atomic E-state index is -1.37. The molecule has 0 bridgehead atoms. The van der Waals surface area contributed by atoms with E-state index in [1.807, 2.05) is 41.8 Å². The number of hydrazine groups is 1. The molecule has 25 heavy (non-hydrogen) atoms. The van der Waals surface area contributed by atoms with Gasteiger partial charge in [0.15, 0.2) is 5.75 Å². The molecule has 2 amide bonds. The first-order chi connectivity index (χ1) is 12.1. The van der Waals surface area contributed by atoms with E-state index in [-0.39, 0.29) is 11.3 Å². The van der Waals surface area contributed by atoms with Crippen molar-refractivity contribution in [2.75, 3.05) is 7.11 Å². The van der Waals surface area contributed by atoms with Crippen molar-refractivity contribution in [2.45, 2.75) is 0 Å². The van der Waals surface area contributed by atoms with Gasteiger partial charge in [0.05, 0.1) is 18.2 Å². The second-order valence-electron chi connectivity index (χ2n) is 5.14. The van der Waals surface area contributed by atoms with Crippen LogP contribution in [0.3, 0.4) is 0 Å². The van der Waals surface area contributed by atoms with E-state index in [9.17, 15) is 9.59 Å². The molecule has 0 aliphatic carbocycles. The summed E-state index contributed by atoms with van der Waals surface area (Å²) in [7, 11) is 1.44. The van der Waals surface area contributed by atoms with Crippen molar-refractivity contribution in [3.8, 4) is 17.0 Å². The van der Waals surface area contributed by atoms with E-state index in [2.05, 4.69) is 10.4 Å². The van der Waals surface area contributed by atoms with Crippen molar-refractivity contribution < 1.29 is 19.4 Å². The molecule has 1 heterocycles. The van der Waals surface area contributed by atoms with Crippen molar-refractivity contribution in [1.29, 1.82) is 0 Å². The first kappa shape index (κ1) is 16.3. The lowest BCUT2D eigenvalue weighted by atomic mass is 10.0. The zero-order chi connectivity index (χ0) is 17.8. The molecule has 0 spiro atoms. The van der Waals surface area contributed by atoms with Gasteiger partial charge in [-0.15, -0.1) is 0 Å². The fraction of sp³-hybridized carbons (Fsp3) is 0.0556. The van der Waals surface area contributed by atoms with Gasteiger partial charge in [-0.25, -0.2) is 15.2 Å². The van der Waals surface area contributed by atoms with Gasteiger partial charge in [0, 0.05) is 10.9 Å². The summed E-state index contributed by atoms with van der Waals surface area (Å²) in [6.07, 6.45) is -1.37. The van der Waals surface area contributed by atoms with Gasteiger partial charge in [-0.1, -0.05) is 48.5 Å². The molecule has 0 atom stereocenters. The maximum Gasteiger partial charge on any atom is 0.423 e. The molecule has 0 saturated carbocycles. The smallest absolute Gasteiger partial charge is 0.423 e. The lowest BCUT2D eigenvalue weighted by molar-refractivity contribution is 0.0925. The lowest BCUT2D eigenvalue weighted by Gasteiger charge is -2.16. The van der Waals surface area contributed by atoms with Gasteiger partial charge in [0.25, 0.3) is 5.91 Å². The summed E-state index contributed by atoms with van der Waals surface area (Å²) in [5, 5.41) is 9.27. The highest BCUT2D eigenvalue weighted by Gasteiger charge is 2.22. The van der Waals surface area contributed by atoms with Gasteiger partial charge in [-0.2, -0.15) is 0 Å². The number of hydrogen-bond donors (Lipinski definition) is 3. The van der Waals surface area contributed by atoms with E-state index < -0.39 is 12.0 Å². The molecule has 2 aromatic carbocycles. The number of aromatic nitrogens is 1. The van der Waals surface area contributed by atoms with Crippen LogP contribution in [0.4, 0.5) is 4.79 Å². The molecule has 3 N–H and O–H groups in total. The summed E-state index contributed by atoms with van der Waals surface area (Å²) in [6.45, 7) is 0. The highest BCUT2D eigenvalue weighted by Crippen LogP contribution is 2.35. The average molecular weight is 337 g/mol. The summed E-state index contributed by atoms with van der Waals surface area (Å²) in [5.41, 5.74) is 6.10. The number of hydrogen-bond acceptors (Lipinski definition) is 4. The van der Waals surface area contributed by atoms with Gasteiger partial charge < -0.3 is 9.84 Å². The molecule has 0 aliphatic rings. The van der Waals surface area contributed by atoms with E-state index in [0.717, 1.165) is 5.56 Å². The number of carboxylic acid groups (broad SMARTS) is 1. The van der Waals surface area contributed by atoms with Gasteiger partial charge in [0.1, 0.15) is 5.69 Å². The van der Waals surface area contributed by atoms with Gasteiger partial charge in [-0.05, 0) is 6.07 Å². The number of ether oxygens (including phenoxy) is 1. The number of carbonyl (C=O) groups excluding carboxylic acids is 1. The quantitative estimate of drug-likeness (QED) is 0.638. The van der Waals surface area contributed by atoms with E-state index in [1.54, 1.807) is 18.2 Å². The molecule has 0 saturated heterocycles. The summed E-state index contributed by atoms with van der Waals surface area (Å²) in [4.78, 5) is 27.9. The number of amides is 2. The summed E-state index contributed by atoms with van der Waals surface area (Å²) < 4.78 is 5.47. The summed E-state index contributed by atoms with van der Waals surface area (Å²) >= 11 is 0. The molecular formula is C18H15N3O4. The maximum atomic E-state index is 12.6. The maximum absolute atomic E-state index is 12.6. The number of nitrogens with one attached hydrogen (secondary N) is 2. The highest BCUT2D eigenvalue weighted by atomic mass is 16.5. The van der Waals surface area contributed by atoms with Gasteiger partial charge in [0.2, 0.25) is 0 Å². The number of rotatable bonds is 3. The van der Waals surface area contributed by atoms with Crippen LogP contribution in [0.25, 0.3) is 22.2 Å². The van der Waals surface area contributed by atoms with Crippen LogP contribution in [0, 0.1) is 0 Å². The third-order valence-corrected chi connectivity index (χ3v) is 3.61. The Morgan fingerprint density at radius 1 is 1.00 bits per heavy atom. The largest absolute Gasteiger partial charge is 0.494 e. The molecule has 126 valence electrons. The van der Waals surface area contributed by atoms with Crippen molar-refractivity contribution in [3.05, 3.63) is 60.2 Å². The fourth-order valence-electron chi connectivity index (χ4n) is 2.58.